The highest BCUT2D eigenvalue weighted by Gasteiger charge is 2.09. The average molecular weight is 191 g/mol. The molecule has 14 heavy (non-hydrogen) atoms. The molecule has 1 aromatic rings. The second kappa shape index (κ2) is 4.87. The van der Waals surface area contributed by atoms with Crippen LogP contribution in [0.3, 0.4) is 0 Å². The average Bonchev–Trinajstić information content (AvgIpc) is 2.66. The van der Waals surface area contributed by atoms with E-state index in [1.54, 1.807) is 19.1 Å². The van der Waals surface area contributed by atoms with E-state index in [4.69, 9.17) is 9.68 Å². The Morgan fingerprint density at radius 2 is 2.57 bits per heavy atom. The Hall–Kier alpha value is -2.02. The predicted molar refractivity (Wildman–Crippen MR) is 48.9 cm³/mol. The third-order valence-electron chi connectivity index (χ3n) is 1.47. The summed E-state index contributed by atoms with van der Waals surface area (Å²) in [7, 11) is 0. The van der Waals surface area contributed by atoms with Gasteiger partial charge in [-0.2, -0.15) is 5.26 Å². The molecule has 0 aliphatic carbocycles. The molecule has 0 fully saturated rings. The maximum atomic E-state index is 11.2. The largest absolute Gasteiger partial charge is 0.472 e. The zero-order valence-corrected chi connectivity index (χ0v) is 7.69. The summed E-state index contributed by atoms with van der Waals surface area (Å²) in [6.07, 6.45) is 4.32. The van der Waals surface area contributed by atoms with Gasteiger partial charge < -0.3 is 9.15 Å². The molecule has 0 bridgehead atoms. The van der Waals surface area contributed by atoms with Crippen molar-refractivity contribution < 1.29 is 13.9 Å². The third kappa shape index (κ3) is 2.49. The first-order valence-corrected chi connectivity index (χ1v) is 4.09. The molecule has 0 aromatic carbocycles. The Labute approximate surface area is 81.4 Å². The number of nitrogens with zero attached hydrogens (tertiary/aromatic N) is 1. The number of furan rings is 1. The van der Waals surface area contributed by atoms with Crippen molar-refractivity contribution in [3.63, 3.8) is 0 Å². The van der Waals surface area contributed by atoms with Crippen LogP contribution in [0.15, 0.2) is 28.6 Å². The summed E-state index contributed by atoms with van der Waals surface area (Å²) in [5.74, 6) is -0.615. The van der Waals surface area contributed by atoms with Crippen LogP contribution in [0.4, 0.5) is 0 Å². The molecule has 0 atom stereocenters. The van der Waals surface area contributed by atoms with Crippen molar-refractivity contribution in [2.24, 2.45) is 0 Å². The van der Waals surface area contributed by atoms with Crippen LogP contribution < -0.4 is 0 Å². The molecule has 1 aromatic heterocycles. The standard InChI is InChI=1S/C10H9NO3/c1-2-14-10(12)9(6-11)5-8-3-4-13-7-8/h3-5,7H,2H2,1H3/b9-5+. The van der Waals surface area contributed by atoms with Crippen LogP contribution in [-0.4, -0.2) is 12.6 Å². The van der Waals surface area contributed by atoms with Gasteiger partial charge in [-0.05, 0) is 19.1 Å². The highest BCUT2D eigenvalue weighted by Crippen LogP contribution is 2.08. The number of carbonyl (C=O) groups excluding carboxylic acids is 1. The first-order valence-electron chi connectivity index (χ1n) is 4.09. The molecular formula is C10H9NO3. The lowest BCUT2D eigenvalue weighted by molar-refractivity contribution is -0.137. The molecule has 72 valence electrons. The predicted octanol–water partition coefficient (Wildman–Crippen LogP) is 1.75. The van der Waals surface area contributed by atoms with Crippen molar-refractivity contribution in [2.75, 3.05) is 6.61 Å². The van der Waals surface area contributed by atoms with Gasteiger partial charge in [-0.25, -0.2) is 4.79 Å². The molecule has 0 aliphatic rings. The quantitative estimate of drug-likeness (QED) is 0.414. The third-order valence-corrected chi connectivity index (χ3v) is 1.47. The van der Waals surface area contributed by atoms with E-state index in [2.05, 4.69) is 4.74 Å². The molecule has 0 N–H and O–H groups in total. The number of rotatable bonds is 3. The van der Waals surface area contributed by atoms with Crippen molar-refractivity contribution in [1.29, 1.82) is 5.26 Å². The van der Waals surface area contributed by atoms with Gasteiger partial charge in [0, 0.05) is 5.56 Å². The topological polar surface area (TPSA) is 63.2 Å². The van der Waals surface area contributed by atoms with Gasteiger partial charge in [0.25, 0.3) is 0 Å². The molecule has 0 saturated heterocycles. The lowest BCUT2D eigenvalue weighted by Crippen LogP contribution is -2.05. The summed E-state index contributed by atoms with van der Waals surface area (Å²) in [5, 5.41) is 8.67. The molecule has 1 heterocycles. The fourth-order valence-corrected chi connectivity index (χ4v) is 0.869. The van der Waals surface area contributed by atoms with Crippen LogP contribution in [0.5, 0.6) is 0 Å². The second-order valence-electron chi connectivity index (χ2n) is 2.45. The van der Waals surface area contributed by atoms with E-state index >= 15 is 0 Å². The van der Waals surface area contributed by atoms with Crippen LogP contribution in [0, 0.1) is 11.3 Å². The van der Waals surface area contributed by atoms with Crippen LogP contribution in [0.2, 0.25) is 0 Å². The summed E-state index contributed by atoms with van der Waals surface area (Å²) >= 11 is 0. The van der Waals surface area contributed by atoms with Gasteiger partial charge in [0.2, 0.25) is 0 Å². The smallest absolute Gasteiger partial charge is 0.348 e. The van der Waals surface area contributed by atoms with Crippen molar-refractivity contribution in [3.05, 3.63) is 29.7 Å². The number of hydrogen-bond donors (Lipinski definition) is 0. The first-order chi connectivity index (χ1) is 6.77. The molecule has 0 unspecified atom stereocenters. The Balaban J connectivity index is 2.83. The molecule has 0 radical (unpaired) electrons. The van der Waals surface area contributed by atoms with E-state index in [0.29, 0.717) is 5.56 Å². The summed E-state index contributed by atoms with van der Waals surface area (Å²) in [4.78, 5) is 11.2. The second-order valence-corrected chi connectivity index (χ2v) is 2.45. The molecule has 0 saturated carbocycles. The number of hydrogen-bond acceptors (Lipinski definition) is 4. The minimum absolute atomic E-state index is 0.0340. The van der Waals surface area contributed by atoms with E-state index in [0.717, 1.165) is 0 Å². The van der Waals surface area contributed by atoms with Crippen molar-refractivity contribution in [1.82, 2.24) is 0 Å². The SMILES string of the molecule is CCOC(=O)/C(C#N)=C/c1ccoc1. The zero-order valence-electron chi connectivity index (χ0n) is 7.69. The minimum atomic E-state index is -0.615. The Kier molecular flexibility index (Phi) is 3.50. The zero-order chi connectivity index (χ0) is 10.4. The van der Waals surface area contributed by atoms with E-state index in [1.165, 1.54) is 18.6 Å². The van der Waals surface area contributed by atoms with Gasteiger partial charge in [-0.1, -0.05) is 0 Å². The Morgan fingerprint density at radius 1 is 1.79 bits per heavy atom. The number of carbonyl (C=O) groups is 1. The highest BCUT2D eigenvalue weighted by molar-refractivity contribution is 5.97. The van der Waals surface area contributed by atoms with Gasteiger partial charge in [0.05, 0.1) is 19.1 Å². The number of esters is 1. The van der Waals surface area contributed by atoms with Crippen molar-refractivity contribution in [3.8, 4) is 6.07 Å². The highest BCUT2D eigenvalue weighted by atomic mass is 16.5. The number of nitriles is 1. The minimum Gasteiger partial charge on any atom is -0.472 e. The molecular weight excluding hydrogens is 182 g/mol. The van der Waals surface area contributed by atoms with Gasteiger partial charge in [0.1, 0.15) is 11.6 Å². The number of ether oxygens (including phenoxy) is 1. The lowest BCUT2D eigenvalue weighted by Gasteiger charge is -1.97. The van der Waals surface area contributed by atoms with Crippen LogP contribution in [0.25, 0.3) is 6.08 Å². The normalized spacial score (nSPS) is 10.7. The first kappa shape index (κ1) is 10.1. The van der Waals surface area contributed by atoms with E-state index < -0.39 is 5.97 Å². The monoisotopic (exact) mass is 191 g/mol. The van der Waals surface area contributed by atoms with Gasteiger partial charge in [-0.3, -0.25) is 0 Å². The lowest BCUT2D eigenvalue weighted by atomic mass is 10.2. The molecule has 0 amide bonds. The van der Waals surface area contributed by atoms with E-state index in [1.807, 2.05) is 0 Å². The molecule has 1 rings (SSSR count). The fraction of sp³-hybridized carbons (Fsp3) is 0.200. The Bertz CT molecular complexity index is 371. The molecule has 0 aliphatic heterocycles. The van der Waals surface area contributed by atoms with Crippen LogP contribution >= 0.6 is 0 Å². The molecule has 4 nitrogen and oxygen atoms in total. The molecule has 0 spiro atoms. The summed E-state index contributed by atoms with van der Waals surface area (Å²) in [6, 6.07) is 3.42. The van der Waals surface area contributed by atoms with Crippen molar-refractivity contribution in [2.45, 2.75) is 6.92 Å². The summed E-state index contributed by atoms with van der Waals surface area (Å²) in [5.41, 5.74) is 0.628. The maximum Gasteiger partial charge on any atom is 0.348 e. The summed E-state index contributed by atoms with van der Waals surface area (Å²) in [6.45, 7) is 1.94. The van der Waals surface area contributed by atoms with Crippen LogP contribution in [0.1, 0.15) is 12.5 Å². The maximum absolute atomic E-state index is 11.2. The van der Waals surface area contributed by atoms with Gasteiger partial charge in [-0.15, -0.1) is 0 Å². The van der Waals surface area contributed by atoms with E-state index in [-0.39, 0.29) is 12.2 Å². The van der Waals surface area contributed by atoms with Crippen LogP contribution in [-0.2, 0) is 9.53 Å². The molecule has 4 heteroatoms. The Morgan fingerprint density at radius 3 is 3.07 bits per heavy atom. The fourth-order valence-electron chi connectivity index (χ4n) is 0.869. The van der Waals surface area contributed by atoms with Crippen molar-refractivity contribution >= 4 is 12.0 Å². The summed E-state index contributed by atoms with van der Waals surface area (Å²) < 4.78 is 9.48. The van der Waals surface area contributed by atoms with E-state index in [9.17, 15) is 4.79 Å². The van der Waals surface area contributed by atoms with Gasteiger partial charge >= 0.3 is 5.97 Å². The van der Waals surface area contributed by atoms with Gasteiger partial charge in [0.15, 0.2) is 0 Å².